The summed E-state index contributed by atoms with van der Waals surface area (Å²) in [6.45, 7) is 3.90. The summed E-state index contributed by atoms with van der Waals surface area (Å²) in [6, 6.07) is 6.57. The molecule has 1 rings (SSSR count). The smallest absolute Gasteiger partial charge is 0.314 e. The van der Waals surface area contributed by atoms with Crippen molar-refractivity contribution in [3.05, 3.63) is 35.4 Å². The van der Waals surface area contributed by atoms with Gasteiger partial charge in [-0.1, -0.05) is 12.1 Å². The third-order valence-electron chi connectivity index (χ3n) is 3.53. The monoisotopic (exact) mass is 321 g/mol. The number of hydrogen-bond acceptors (Lipinski definition) is 3. The molecule has 0 fully saturated rings. The van der Waals surface area contributed by atoms with Gasteiger partial charge in [0.1, 0.15) is 0 Å². The molecule has 7 nitrogen and oxygen atoms in total. The van der Waals surface area contributed by atoms with Crippen molar-refractivity contribution in [1.82, 2.24) is 10.6 Å². The second-order valence-electron chi connectivity index (χ2n) is 5.94. The molecular weight excluding hydrogens is 298 g/mol. The highest BCUT2D eigenvalue weighted by Gasteiger charge is 2.26. The van der Waals surface area contributed by atoms with Gasteiger partial charge in [0, 0.05) is 18.7 Å². The summed E-state index contributed by atoms with van der Waals surface area (Å²) in [7, 11) is 0. The van der Waals surface area contributed by atoms with Crippen LogP contribution < -0.4 is 16.4 Å². The maximum absolute atomic E-state index is 11.6. The van der Waals surface area contributed by atoms with E-state index in [2.05, 4.69) is 10.6 Å². The normalized spacial score (nSPS) is 10.9. The van der Waals surface area contributed by atoms with Crippen molar-refractivity contribution >= 4 is 17.9 Å². The molecule has 5 N–H and O–H groups in total. The minimum Gasteiger partial charge on any atom is -0.481 e. The minimum atomic E-state index is -0.894. The molecule has 3 amide bonds. The van der Waals surface area contributed by atoms with Gasteiger partial charge in [-0.3, -0.25) is 9.59 Å². The fraction of sp³-hybridized carbons (Fsp3) is 0.438. The third-order valence-corrected chi connectivity index (χ3v) is 3.53. The highest BCUT2D eigenvalue weighted by atomic mass is 16.4. The molecule has 0 aliphatic carbocycles. The van der Waals surface area contributed by atoms with Gasteiger partial charge in [-0.25, -0.2) is 4.79 Å². The number of primary amides is 1. The molecule has 0 saturated carbocycles. The molecule has 0 spiro atoms. The number of nitrogens with one attached hydrogen (secondary N) is 2. The Kier molecular flexibility index (Phi) is 6.56. The zero-order valence-corrected chi connectivity index (χ0v) is 13.4. The number of rotatable bonds is 8. The number of aliphatic carboxylic acids is 1. The van der Waals surface area contributed by atoms with Crippen LogP contribution in [0.2, 0.25) is 0 Å². The molecule has 126 valence electrons. The fourth-order valence-corrected chi connectivity index (χ4v) is 1.86. The molecule has 0 saturated heterocycles. The third kappa shape index (κ3) is 6.37. The molecule has 7 heteroatoms. The van der Waals surface area contributed by atoms with Crippen molar-refractivity contribution in [1.29, 1.82) is 0 Å². The Morgan fingerprint density at radius 1 is 1.17 bits per heavy atom. The highest BCUT2D eigenvalue weighted by molar-refractivity contribution is 5.92. The first-order chi connectivity index (χ1) is 10.7. The van der Waals surface area contributed by atoms with Gasteiger partial charge in [-0.05, 0) is 44.4 Å². The molecule has 0 aliphatic heterocycles. The Hall–Kier alpha value is -2.57. The Bertz CT molecular complexity index is 584. The number of carbonyl (C=O) groups excluding carboxylic acids is 2. The number of nitrogens with two attached hydrogens (primary N) is 1. The maximum atomic E-state index is 11.6. The van der Waals surface area contributed by atoms with E-state index >= 15 is 0 Å². The van der Waals surface area contributed by atoms with E-state index in [1.165, 1.54) is 0 Å². The first-order valence-corrected chi connectivity index (χ1v) is 7.36. The van der Waals surface area contributed by atoms with Crippen molar-refractivity contribution in [3.8, 4) is 0 Å². The van der Waals surface area contributed by atoms with Crippen LogP contribution in [0.5, 0.6) is 0 Å². The van der Waals surface area contributed by atoms with Gasteiger partial charge >= 0.3 is 12.0 Å². The average Bonchev–Trinajstić information content (AvgIpc) is 2.47. The maximum Gasteiger partial charge on any atom is 0.314 e. The van der Waals surface area contributed by atoms with Gasteiger partial charge < -0.3 is 21.5 Å². The van der Waals surface area contributed by atoms with Crippen LogP contribution in [0.3, 0.4) is 0 Å². The molecule has 1 aromatic rings. The molecule has 0 unspecified atom stereocenters. The Balaban J connectivity index is 2.30. The summed E-state index contributed by atoms with van der Waals surface area (Å²) in [4.78, 5) is 33.6. The Morgan fingerprint density at radius 2 is 1.83 bits per heavy atom. The van der Waals surface area contributed by atoms with Gasteiger partial charge in [-0.2, -0.15) is 0 Å². The summed E-state index contributed by atoms with van der Waals surface area (Å²) in [5, 5.41) is 14.3. The van der Waals surface area contributed by atoms with Crippen LogP contribution in [0, 0.1) is 5.41 Å². The SMILES string of the molecule is CC(C)(CCNC(=O)NCCc1cccc(C(N)=O)c1)C(=O)O. The predicted octanol–water partition coefficient (Wildman–Crippen LogP) is 1.13. The van der Waals surface area contributed by atoms with Crippen molar-refractivity contribution in [2.24, 2.45) is 11.1 Å². The lowest BCUT2D eigenvalue weighted by molar-refractivity contribution is -0.147. The predicted molar refractivity (Wildman–Crippen MR) is 86.1 cm³/mol. The number of urea groups is 1. The number of hydrogen-bond donors (Lipinski definition) is 4. The topological polar surface area (TPSA) is 122 Å². The van der Waals surface area contributed by atoms with Gasteiger partial charge in [0.05, 0.1) is 5.41 Å². The van der Waals surface area contributed by atoms with E-state index in [1.807, 2.05) is 6.07 Å². The molecule has 23 heavy (non-hydrogen) atoms. The molecule has 0 heterocycles. The molecule has 0 bridgehead atoms. The van der Waals surface area contributed by atoms with Crippen molar-refractivity contribution in [2.75, 3.05) is 13.1 Å². The standard InChI is InChI=1S/C16H23N3O4/c1-16(2,14(21)22)7-9-19-15(23)18-8-6-11-4-3-5-12(10-11)13(17)20/h3-5,10H,6-9H2,1-2H3,(H2,17,20)(H,21,22)(H2,18,19,23). The Morgan fingerprint density at radius 3 is 2.43 bits per heavy atom. The van der Waals surface area contributed by atoms with Crippen molar-refractivity contribution in [3.63, 3.8) is 0 Å². The first-order valence-electron chi connectivity index (χ1n) is 7.36. The number of carboxylic acid groups (broad SMARTS) is 1. The molecule has 0 radical (unpaired) electrons. The van der Waals surface area contributed by atoms with Crippen LogP contribution in [0.15, 0.2) is 24.3 Å². The number of carbonyl (C=O) groups is 3. The lowest BCUT2D eigenvalue weighted by atomic mass is 9.90. The average molecular weight is 321 g/mol. The van der Waals surface area contributed by atoms with E-state index in [1.54, 1.807) is 32.0 Å². The van der Waals surface area contributed by atoms with Crippen LogP contribution >= 0.6 is 0 Å². The van der Waals surface area contributed by atoms with Crippen LogP contribution in [0.25, 0.3) is 0 Å². The van der Waals surface area contributed by atoms with Gasteiger partial charge in [0.15, 0.2) is 0 Å². The highest BCUT2D eigenvalue weighted by Crippen LogP contribution is 2.19. The van der Waals surface area contributed by atoms with Gasteiger partial charge in [-0.15, -0.1) is 0 Å². The zero-order chi connectivity index (χ0) is 17.5. The van der Waals surface area contributed by atoms with Crippen LogP contribution in [0.1, 0.15) is 36.2 Å². The fourth-order valence-electron chi connectivity index (χ4n) is 1.86. The second kappa shape index (κ2) is 8.17. The van der Waals surface area contributed by atoms with Crippen molar-refractivity contribution in [2.45, 2.75) is 26.7 Å². The van der Waals surface area contributed by atoms with E-state index in [9.17, 15) is 14.4 Å². The molecular formula is C16H23N3O4. The van der Waals surface area contributed by atoms with Crippen LogP contribution in [0.4, 0.5) is 4.79 Å². The summed E-state index contributed by atoms with van der Waals surface area (Å²) in [5.74, 6) is -1.38. The first kappa shape index (κ1) is 18.5. The van der Waals surface area contributed by atoms with Crippen LogP contribution in [-0.2, 0) is 11.2 Å². The lowest BCUT2D eigenvalue weighted by Gasteiger charge is -2.19. The van der Waals surface area contributed by atoms with Gasteiger partial charge in [0.25, 0.3) is 0 Å². The van der Waals surface area contributed by atoms with E-state index < -0.39 is 17.3 Å². The van der Waals surface area contributed by atoms with Gasteiger partial charge in [0.2, 0.25) is 5.91 Å². The number of benzene rings is 1. The summed E-state index contributed by atoms with van der Waals surface area (Å²) < 4.78 is 0. The van der Waals surface area contributed by atoms with E-state index in [0.29, 0.717) is 24.9 Å². The number of amides is 3. The molecule has 1 aromatic carbocycles. The summed E-state index contributed by atoms with van der Waals surface area (Å²) in [6.07, 6.45) is 0.908. The largest absolute Gasteiger partial charge is 0.481 e. The van der Waals surface area contributed by atoms with E-state index in [4.69, 9.17) is 10.8 Å². The Labute approximate surface area is 135 Å². The van der Waals surface area contributed by atoms with E-state index in [-0.39, 0.29) is 12.6 Å². The van der Waals surface area contributed by atoms with Crippen molar-refractivity contribution < 1.29 is 19.5 Å². The minimum absolute atomic E-state index is 0.280. The lowest BCUT2D eigenvalue weighted by Crippen LogP contribution is -2.39. The summed E-state index contributed by atoms with van der Waals surface area (Å²) in [5.41, 5.74) is 5.67. The molecule has 0 aliphatic rings. The zero-order valence-electron chi connectivity index (χ0n) is 13.4. The molecule has 0 aromatic heterocycles. The quantitative estimate of drug-likeness (QED) is 0.573. The summed E-state index contributed by atoms with van der Waals surface area (Å²) >= 11 is 0. The van der Waals surface area contributed by atoms with Crippen LogP contribution in [-0.4, -0.2) is 36.1 Å². The van der Waals surface area contributed by atoms with E-state index in [0.717, 1.165) is 5.56 Å². The second-order valence-corrected chi connectivity index (χ2v) is 5.94. The number of carboxylic acids is 1. The molecule has 0 atom stereocenters.